The van der Waals surface area contributed by atoms with Crippen LogP contribution in [0.2, 0.25) is 0 Å². The van der Waals surface area contributed by atoms with Crippen LogP contribution in [0.15, 0.2) is 82.8 Å². The molecule has 2 atom stereocenters. The van der Waals surface area contributed by atoms with E-state index in [-0.39, 0.29) is 30.6 Å². The number of nitrogens with zero attached hydrogens (tertiary/aromatic N) is 3. The number of rotatable bonds is 11. The van der Waals surface area contributed by atoms with E-state index < -0.39 is 11.3 Å². The average Bonchev–Trinajstić information content (AvgIpc) is 3.37. The maximum atomic E-state index is 13.3. The third kappa shape index (κ3) is 6.89. The highest BCUT2D eigenvalue weighted by Crippen LogP contribution is 2.37. The molecule has 3 amide bonds. The van der Waals surface area contributed by atoms with Gasteiger partial charge in [0, 0.05) is 30.3 Å². The van der Waals surface area contributed by atoms with Crippen molar-refractivity contribution in [2.75, 3.05) is 19.5 Å². The van der Waals surface area contributed by atoms with E-state index >= 15 is 0 Å². The molecule has 43 heavy (non-hydrogen) atoms. The van der Waals surface area contributed by atoms with E-state index in [9.17, 15) is 14.4 Å². The van der Waals surface area contributed by atoms with Crippen molar-refractivity contribution in [3.63, 3.8) is 0 Å². The molecule has 0 aromatic heterocycles. The van der Waals surface area contributed by atoms with Gasteiger partial charge in [0.05, 0.1) is 25.2 Å². The highest BCUT2D eigenvalue weighted by molar-refractivity contribution is 8.15. The van der Waals surface area contributed by atoms with Gasteiger partial charge in [-0.15, -0.1) is 0 Å². The highest BCUT2D eigenvalue weighted by atomic mass is 32.2. The first-order valence-corrected chi connectivity index (χ1v) is 14.9. The molecule has 0 saturated heterocycles. The quantitative estimate of drug-likeness (QED) is 0.321. The first-order chi connectivity index (χ1) is 20.9. The second kappa shape index (κ2) is 13.6. The summed E-state index contributed by atoms with van der Waals surface area (Å²) in [6, 6.07) is 21.4. The summed E-state index contributed by atoms with van der Waals surface area (Å²) in [7, 11) is 3.17. The van der Waals surface area contributed by atoms with Crippen LogP contribution in [0.1, 0.15) is 37.3 Å². The first-order valence-electron chi connectivity index (χ1n) is 14.0. The monoisotopic (exact) mass is 599 g/mol. The molecular weight excluding hydrogens is 566 g/mol. The number of methoxy groups -OCH3 is 2. The summed E-state index contributed by atoms with van der Waals surface area (Å²) < 4.78 is 10.5. The van der Waals surface area contributed by atoms with Crippen LogP contribution in [0.4, 0.5) is 11.4 Å². The number of carbonyl (C=O) groups excluding carboxylic acids is 3. The molecule has 2 heterocycles. The lowest BCUT2D eigenvalue weighted by molar-refractivity contribution is -0.122. The lowest BCUT2D eigenvalue weighted by atomic mass is 10.1. The number of fused-ring (bicyclic) bond motifs is 3. The van der Waals surface area contributed by atoms with Gasteiger partial charge in [0.1, 0.15) is 23.4 Å². The predicted octanol–water partition coefficient (Wildman–Crippen LogP) is 4.91. The molecule has 2 N–H and O–H groups in total. The summed E-state index contributed by atoms with van der Waals surface area (Å²) >= 11 is 1.28. The molecule has 5 rings (SSSR count). The van der Waals surface area contributed by atoms with Gasteiger partial charge in [-0.05, 0) is 54.8 Å². The Morgan fingerprint density at radius 3 is 2.49 bits per heavy atom. The van der Waals surface area contributed by atoms with E-state index in [1.807, 2.05) is 55.5 Å². The molecular formula is C32H33N5O5S. The van der Waals surface area contributed by atoms with Gasteiger partial charge in [-0.25, -0.2) is 4.99 Å². The Kier molecular flexibility index (Phi) is 9.41. The third-order valence-corrected chi connectivity index (χ3v) is 8.48. The number of para-hydroxylation sites is 1. The fraction of sp³-hybridized carbons (Fsp3) is 0.281. The molecule has 2 aliphatic rings. The average molecular weight is 600 g/mol. The molecule has 0 aliphatic carbocycles. The number of carbonyl (C=O) groups is 3. The largest absolute Gasteiger partial charge is 0.497 e. The van der Waals surface area contributed by atoms with E-state index in [1.54, 1.807) is 43.4 Å². The van der Waals surface area contributed by atoms with Crippen molar-refractivity contribution in [1.82, 2.24) is 10.2 Å². The van der Waals surface area contributed by atoms with Crippen LogP contribution >= 0.6 is 11.8 Å². The summed E-state index contributed by atoms with van der Waals surface area (Å²) in [6.07, 6.45) is 0.891. The Morgan fingerprint density at radius 1 is 0.977 bits per heavy atom. The molecule has 0 fully saturated rings. The standard InChI is InChI=1S/C32H33N5O5S/c1-4-27(31(40)34-21-8-7-9-23(18-21)42-3)43-32-35-25-11-6-5-10-24(25)29-36-30(39)26(37(29)32)16-17-28(38)33-19-20-12-14-22(41-2)15-13-20/h5-15,18,26-27H,4,16-17,19H2,1-3H3,(H,33,38)(H,34,40). The number of benzene rings is 3. The van der Waals surface area contributed by atoms with Gasteiger partial charge in [-0.3, -0.25) is 19.3 Å². The molecule has 0 bridgehead atoms. The Labute approximate surface area is 254 Å². The fourth-order valence-electron chi connectivity index (χ4n) is 4.83. The normalized spacial score (nSPS) is 15.9. The number of hydrogen-bond acceptors (Lipinski definition) is 8. The summed E-state index contributed by atoms with van der Waals surface area (Å²) in [4.78, 5) is 50.4. The van der Waals surface area contributed by atoms with Crippen molar-refractivity contribution in [3.8, 4) is 11.5 Å². The molecule has 2 aliphatic heterocycles. The molecule has 0 spiro atoms. The number of hydrogen-bond donors (Lipinski definition) is 2. The van der Waals surface area contributed by atoms with E-state index in [4.69, 9.17) is 14.5 Å². The second-order valence-electron chi connectivity index (χ2n) is 9.97. The Balaban J connectivity index is 1.30. The number of aliphatic imine (C=N–C) groups is 2. The zero-order valence-corrected chi connectivity index (χ0v) is 25.0. The van der Waals surface area contributed by atoms with Crippen LogP contribution in [0, 0.1) is 0 Å². The van der Waals surface area contributed by atoms with Gasteiger partial charge in [0.15, 0.2) is 5.17 Å². The van der Waals surface area contributed by atoms with Crippen LogP contribution in [0.25, 0.3) is 0 Å². The topological polar surface area (TPSA) is 122 Å². The number of nitrogens with one attached hydrogen (secondary N) is 2. The van der Waals surface area contributed by atoms with Crippen molar-refractivity contribution >= 4 is 51.9 Å². The number of amidine groups is 2. The minimum atomic E-state index is -0.708. The highest BCUT2D eigenvalue weighted by Gasteiger charge is 2.42. The number of ether oxygens (including phenoxy) is 2. The van der Waals surface area contributed by atoms with Gasteiger partial charge >= 0.3 is 0 Å². The van der Waals surface area contributed by atoms with Crippen LogP contribution < -0.4 is 20.1 Å². The van der Waals surface area contributed by atoms with Crippen LogP contribution in [-0.4, -0.2) is 59.1 Å². The van der Waals surface area contributed by atoms with Gasteiger partial charge in [0.2, 0.25) is 11.8 Å². The van der Waals surface area contributed by atoms with Gasteiger partial charge < -0.3 is 20.1 Å². The van der Waals surface area contributed by atoms with E-state index in [0.717, 1.165) is 16.9 Å². The minimum Gasteiger partial charge on any atom is -0.497 e. The van der Waals surface area contributed by atoms with Crippen molar-refractivity contribution in [2.45, 2.75) is 44.0 Å². The summed E-state index contributed by atoms with van der Waals surface area (Å²) in [5, 5.41) is 5.88. The molecule has 11 heteroatoms. The number of amides is 3. The van der Waals surface area contributed by atoms with Crippen molar-refractivity contribution in [3.05, 3.63) is 83.9 Å². The van der Waals surface area contributed by atoms with Gasteiger partial charge in [0.25, 0.3) is 5.91 Å². The Bertz CT molecular complexity index is 1570. The SMILES string of the molecule is CCC(SC1=Nc2ccccc2C2=NC(=O)C(CCC(=O)NCc3ccc(OC)cc3)N12)C(=O)Nc1cccc(OC)c1. The van der Waals surface area contributed by atoms with Crippen LogP contribution in [-0.2, 0) is 20.9 Å². The van der Waals surface area contributed by atoms with Crippen molar-refractivity contribution in [1.29, 1.82) is 0 Å². The zero-order valence-electron chi connectivity index (χ0n) is 24.2. The van der Waals surface area contributed by atoms with Crippen molar-refractivity contribution in [2.24, 2.45) is 9.98 Å². The number of thioether (sulfide) groups is 1. The second-order valence-corrected chi connectivity index (χ2v) is 11.1. The maximum absolute atomic E-state index is 13.3. The number of anilines is 1. The van der Waals surface area contributed by atoms with E-state index in [1.165, 1.54) is 11.8 Å². The predicted molar refractivity (Wildman–Crippen MR) is 168 cm³/mol. The zero-order chi connectivity index (χ0) is 30.3. The lowest BCUT2D eigenvalue weighted by Crippen LogP contribution is -2.45. The molecule has 0 radical (unpaired) electrons. The fourth-order valence-corrected chi connectivity index (χ4v) is 5.90. The molecule has 3 aromatic rings. The van der Waals surface area contributed by atoms with Gasteiger partial charge in [-0.2, -0.15) is 4.99 Å². The first kappa shape index (κ1) is 29.8. The summed E-state index contributed by atoms with van der Waals surface area (Å²) in [6.45, 7) is 2.29. The third-order valence-electron chi connectivity index (χ3n) is 7.15. The van der Waals surface area contributed by atoms with Crippen LogP contribution in [0.5, 0.6) is 11.5 Å². The molecule has 3 aromatic carbocycles. The smallest absolute Gasteiger partial charge is 0.270 e. The lowest BCUT2D eigenvalue weighted by Gasteiger charge is -2.32. The van der Waals surface area contributed by atoms with Crippen LogP contribution in [0.3, 0.4) is 0 Å². The Morgan fingerprint density at radius 2 is 1.74 bits per heavy atom. The Hall–Kier alpha value is -4.64. The molecule has 2 unspecified atom stereocenters. The molecule has 222 valence electrons. The maximum Gasteiger partial charge on any atom is 0.270 e. The molecule has 10 nitrogen and oxygen atoms in total. The summed E-state index contributed by atoms with van der Waals surface area (Å²) in [5.41, 5.74) is 2.97. The molecule has 0 saturated carbocycles. The van der Waals surface area contributed by atoms with E-state index in [0.29, 0.717) is 41.1 Å². The minimum absolute atomic E-state index is 0.124. The van der Waals surface area contributed by atoms with E-state index in [2.05, 4.69) is 15.6 Å². The van der Waals surface area contributed by atoms with Crippen molar-refractivity contribution < 1.29 is 23.9 Å². The van der Waals surface area contributed by atoms with Gasteiger partial charge in [-0.1, -0.05) is 49.0 Å². The summed E-state index contributed by atoms with van der Waals surface area (Å²) in [5.74, 6) is 1.17.